The normalized spacial score (nSPS) is 10.2. The minimum absolute atomic E-state index is 0.211. The van der Waals surface area contributed by atoms with Gasteiger partial charge in [-0.2, -0.15) is 0 Å². The maximum Gasteiger partial charge on any atom is 0.319 e. The summed E-state index contributed by atoms with van der Waals surface area (Å²) < 4.78 is 0. The molecule has 0 aliphatic rings. The molecule has 0 spiro atoms. The van der Waals surface area contributed by atoms with Crippen LogP contribution in [-0.2, 0) is 0 Å². The monoisotopic (exact) mass is 299 g/mol. The zero-order chi connectivity index (χ0) is 16.1. The van der Waals surface area contributed by atoms with Crippen LogP contribution in [0.3, 0.4) is 0 Å². The number of anilines is 2. The van der Waals surface area contributed by atoms with Gasteiger partial charge in [-0.15, -0.1) is 0 Å². The molecule has 6 heteroatoms. The molecule has 0 atom stereocenters. The number of benzene rings is 1. The summed E-state index contributed by atoms with van der Waals surface area (Å²) in [6, 6.07) is 7.25. The minimum Gasteiger partial charge on any atom is -0.362 e. The van der Waals surface area contributed by atoms with Crippen LogP contribution < -0.4 is 15.5 Å². The van der Waals surface area contributed by atoms with Crippen LogP contribution in [0.5, 0.6) is 0 Å². The molecule has 0 bridgehead atoms. The lowest BCUT2D eigenvalue weighted by atomic mass is 10.2. The Labute approximate surface area is 130 Å². The number of carbonyl (C=O) groups excluding carboxylic acids is 1. The number of rotatable bonds is 4. The van der Waals surface area contributed by atoms with Gasteiger partial charge in [-0.3, -0.25) is 0 Å². The molecule has 0 aliphatic heterocycles. The predicted octanol–water partition coefficient (Wildman–Crippen LogP) is 2.66. The summed E-state index contributed by atoms with van der Waals surface area (Å²) in [6.45, 7) is 4.45. The molecule has 2 aromatic rings. The molecule has 1 heterocycles. The van der Waals surface area contributed by atoms with Crippen LogP contribution in [-0.4, -0.2) is 36.6 Å². The Bertz CT molecular complexity index is 652. The van der Waals surface area contributed by atoms with E-state index in [0.29, 0.717) is 12.4 Å². The van der Waals surface area contributed by atoms with Gasteiger partial charge in [0.05, 0.1) is 0 Å². The smallest absolute Gasteiger partial charge is 0.319 e. The lowest BCUT2D eigenvalue weighted by Gasteiger charge is -2.15. The molecule has 0 saturated heterocycles. The van der Waals surface area contributed by atoms with Gasteiger partial charge in [0.1, 0.15) is 5.82 Å². The van der Waals surface area contributed by atoms with Crippen molar-refractivity contribution >= 4 is 17.5 Å². The third kappa shape index (κ3) is 3.72. The first-order valence-corrected chi connectivity index (χ1v) is 7.17. The highest BCUT2D eigenvalue weighted by Crippen LogP contribution is 2.21. The van der Waals surface area contributed by atoms with Crippen molar-refractivity contribution in [3.63, 3.8) is 0 Å². The van der Waals surface area contributed by atoms with Crippen molar-refractivity contribution in [1.82, 2.24) is 15.3 Å². The minimum atomic E-state index is -0.211. The summed E-state index contributed by atoms with van der Waals surface area (Å²) in [5, 5.41) is 5.45. The second-order valence-electron chi connectivity index (χ2n) is 5.16. The van der Waals surface area contributed by atoms with E-state index in [1.54, 1.807) is 0 Å². The first kappa shape index (κ1) is 15.8. The van der Waals surface area contributed by atoms with E-state index >= 15 is 0 Å². The largest absolute Gasteiger partial charge is 0.362 e. The van der Waals surface area contributed by atoms with Gasteiger partial charge in [-0.1, -0.05) is 0 Å². The van der Waals surface area contributed by atoms with Crippen LogP contribution in [0.2, 0.25) is 0 Å². The average Bonchev–Trinajstić information content (AvgIpc) is 2.48. The molecule has 1 aromatic carbocycles. The SMILES string of the molecule is CCNC(=O)Nc1ccc(-c2ncc(C)c(N(C)C)n2)cc1. The van der Waals surface area contributed by atoms with Gasteiger partial charge in [0.15, 0.2) is 5.82 Å². The number of hydrogen-bond donors (Lipinski definition) is 2. The molecule has 2 rings (SSSR count). The zero-order valence-corrected chi connectivity index (χ0v) is 13.3. The number of urea groups is 1. The average molecular weight is 299 g/mol. The number of nitrogens with one attached hydrogen (secondary N) is 2. The van der Waals surface area contributed by atoms with Gasteiger partial charge in [-0.05, 0) is 38.1 Å². The quantitative estimate of drug-likeness (QED) is 0.910. The second-order valence-corrected chi connectivity index (χ2v) is 5.16. The number of carbonyl (C=O) groups is 1. The van der Waals surface area contributed by atoms with Gasteiger partial charge >= 0.3 is 6.03 Å². The molecule has 0 fully saturated rings. The topological polar surface area (TPSA) is 70.2 Å². The van der Waals surface area contributed by atoms with Gasteiger partial charge < -0.3 is 15.5 Å². The maximum atomic E-state index is 11.5. The van der Waals surface area contributed by atoms with Gasteiger partial charge in [0.2, 0.25) is 0 Å². The number of hydrogen-bond acceptors (Lipinski definition) is 4. The fourth-order valence-electron chi connectivity index (χ4n) is 2.06. The molecule has 2 N–H and O–H groups in total. The molecule has 0 unspecified atom stereocenters. The highest BCUT2D eigenvalue weighted by atomic mass is 16.2. The molecule has 0 aliphatic carbocycles. The van der Waals surface area contributed by atoms with Gasteiger partial charge in [-0.25, -0.2) is 14.8 Å². The Morgan fingerprint density at radius 2 is 1.91 bits per heavy atom. The van der Waals surface area contributed by atoms with E-state index in [1.165, 1.54) is 0 Å². The molecular weight excluding hydrogens is 278 g/mol. The molecule has 0 radical (unpaired) electrons. The fourth-order valence-corrected chi connectivity index (χ4v) is 2.06. The summed E-state index contributed by atoms with van der Waals surface area (Å²) in [6.07, 6.45) is 1.82. The van der Waals surface area contributed by atoms with E-state index in [2.05, 4.69) is 20.6 Å². The summed E-state index contributed by atoms with van der Waals surface area (Å²) in [5.74, 6) is 1.56. The molecular formula is C16H21N5O. The van der Waals surface area contributed by atoms with Crippen LogP contribution >= 0.6 is 0 Å². The van der Waals surface area contributed by atoms with Crippen LogP contribution in [0.15, 0.2) is 30.5 Å². The van der Waals surface area contributed by atoms with E-state index in [1.807, 2.05) is 63.3 Å². The van der Waals surface area contributed by atoms with Crippen molar-refractivity contribution in [3.8, 4) is 11.4 Å². The summed E-state index contributed by atoms with van der Waals surface area (Å²) in [7, 11) is 3.91. The first-order chi connectivity index (χ1) is 10.5. The van der Waals surface area contributed by atoms with Crippen molar-refractivity contribution in [2.24, 2.45) is 0 Å². The van der Waals surface area contributed by atoms with Crippen molar-refractivity contribution in [2.75, 3.05) is 30.9 Å². The Kier molecular flexibility index (Phi) is 4.93. The second kappa shape index (κ2) is 6.89. The Morgan fingerprint density at radius 1 is 1.23 bits per heavy atom. The third-order valence-electron chi connectivity index (χ3n) is 3.11. The van der Waals surface area contributed by atoms with Crippen molar-refractivity contribution in [2.45, 2.75) is 13.8 Å². The van der Waals surface area contributed by atoms with Crippen molar-refractivity contribution in [1.29, 1.82) is 0 Å². The highest BCUT2D eigenvalue weighted by molar-refractivity contribution is 5.89. The van der Waals surface area contributed by atoms with Crippen LogP contribution in [0.4, 0.5) is 16.3 Å². The van der Waals surface area contributed by atoms with E-state index in [0.717, 1.165) is 22.6 Å². The number of aryl methyl sites for hydroxylation is 1. The summed E-state index contributed by atoms with van der Waals surface area (Å²) >= 11 is 0. The van der Waals surface area contributed by atoms with Crippen molar-refractivity contribution in [3.05, 3.63) is 36.0 Å². The maximum absolute atomic E-state index is 11.5. The molecule has 116 valence electrons. The van der Waals surface area contributed by atoms with Gasteiger partial charge in [0.25, 0.3) is 0 Å². The van der Waals surface area contributed by atoms with Gasteiger partial charge in [0, 0.05) is 43.7 Å². The number of amides is 2. The number of nitrogens with zero attached hydrogens (tertiary/aromatic N) is 3. The molecule has 2 amide bonds. The molecule has 1 aromatic heterocycles. The predicted molar refractivity (Wildman–Crippen MR) is 89.2 cm³/mol. The Morgan fingerprint density at radius 3 is 2.50 bits per heavy atom. The van der Waals surface area contributed by atoms with Crippen LogP contribution in [0, 0.1) is 6.92 Å². The molecule has 0 saturated carbocycles. The first-order valence-electron chi connectivity index (χ1n) is 7.17. The lowest BCUT2D eigenvalue weighted by molar-refractivity contribution is 0.252. The summed E-state index contributed by atoms with van der Waals surface area (Å²) in [4.78, 5) is 22.4. The Balaban J connectivity index is 2.20. The standard InChI is InChI=1S/C16H21N5O/c1-5-17-16(22)19-13-8-6-12(7-9-13)14-18-10-11(2)15(20-14)21(3)4/h6-10H,5H2,1-4H3,(H2,17,19,22). The Hall–Kier alpha value is -2.63. The van der Waals surface area contributed by atoms with Crippen LogP contribution in [0.1, 0.15) is 12.5 Å². The van der Waals surface area contributed by atoms with E-state index in [-0.39, 0.29) is 6.03 Å². The molecule has 22 heavy (non-hydrogen) atoms. The zero-order valence-electron chi connectivity index (χ0n) is 13.3. The van der Waals surface area contributed by atoms with E-state index in [4.69, 9.17) is 0 Å². The summed E-state index contributed by atoms with van der Waals surface area (Å²) in [5.41, 5.74) is 2.67. The molecule has 6 nitrogen and oxygen atoms in total. The van der Waals surface area contributed by atoms with Crippen LogP contribution in [0.25, 0.3) is 11.4 Å². The highest BCUT2D eigenvalue weighted by Gasteiger charge is 2.08. The number of aromatic nitrogens is 2. The third-order valence-corrected chi connectivity index (χ3v) is 3.11. The lowest BCUT2D eigenvalue weighted by Crippen LogP contribution is -2.28. The van der Waals surface area contributed by atoms with E-state index in [9.17, 15) is 4.79 Å². The van der Waals surface area contributed by atoms with Crippen molar-refractivity contribution < 1.29 is 4.79 Å². The van der Waals surface area contributed by atoms with E-state index < -0.39 is 0 Å². The fraction of sp³-hybridized carbons (Fsp3) is 0.312.